The fraction of sp³-hybridized carbons (Fsp3) is 0.667. The molecule has 1 aromatic rings. The molecular formula is C15H27N3O. The highest BCUT2D eigenvalue weighted by Crippen LogP contribution is 2.15. The Hall–Kier alpha value is -1.13. The van der Waals surface area contributed by atoms with E-state index in [0.717, 1.165) is 38.2 Å². The van der Waals surface area contributed by atoms with Crippen molar-refractivity contribution in [1.29, 1.82) is 0 Å². The van der Waals surface area contributed by atoms with E-state index in [9.17, 15) is 0 Å². The van der Waals surface area contributed by atoms with Gasteiger partial charge in [-0.1, -0.05) is 13.0 Å². The molecule has 1 unspecified atom stereocenters. The van der Waals surface area contributed by atoms with Crippen LogP contribution in [0.5, 0.6) is 0 Å². The lowest BCUT2D eigenvalue weighted by atomic mass is 10.1. The SMILES string of the molecule is CCNC(C)c1ccc(N(C)CCCCCO)nc1. The predicted molar refractivity (Wildman–Crippen MR) is 80.5 cm³/mol. The smallest absolute Gasteiger partial charge is 0.128 e. The average Bonchev–Trinajstić information content (AvgIpc) is 2.44. The molecule has 2 N–H and O–H groups in total. The largest absolute Gasteiger partial charge is 0.396 e. The molecule has 0 radical (unpaired) electrons. The van der Waals surface area contributed by atoms with E-state index in [1.165, 1.54) is 5.56 Å². The molecule has 4 heteroatoms. The van der Waals surface area contributed by atoms with Crippen molar-refractivity contribution < 1.29 is 5.11 Å². The summed E-state index contributed by atoms with van der Waals surface area (Å²) in [6.45, 7) is 6.50. The minimum atomic E-state index is 0.291. The Labute approximate surface area is 116 Å². The van der Waals surface area contributed by atoms with Gasteiger partial charge in [-0.2, -0.15) is 0 Å². The van der Waals surface area contributed by atoms with Gasteiger partial charge < -0.3 is 15.3 Å². The quantitative estimate of drug-likeness (QED) is 0.673. The summed E-state index contributed by atoms with van der Waals surface area (Å²) < 4.78 is 0. The van der Waals surface area contributed by atoms with E-state index in [1.54, 1.807) is 0 Å². The molecule has 19 heavy (non-hydrogen) atoms. The molecule has 0 aliphatic heterocycles. The van der Waals surface area contributed by atoms with Gasteiger partial charge in [0.15, 0.2) is 0 Å². The van der Waals surface area contributed by atoms with Crippen LogP contribution in [-0.4, -0.2) is 36.8 Å². The van der Waals surface area contributed by atoms with Crippen LogP contribution in [0.3, 0.4) is 0 Å². The molecule has 0 spiro atoms. The fourth-order valence-electron chi connectivity index (χ4n) is 2.06. The normalized spacial score (nSPS) is 12.4. The summed E-state index contributed by atoms with van der Waals surface area (Å²) in [7, 11) is 2.06. The molecule has 0 aliphatic rings. The lowest BCUT2D eigenvalue weighted by Crippen LogP contribution is -2.21. The van der Waals surface area contributed by atoms with Crippen LogP contribution < -0.4 is 10.2 Å². The first-order valence-corrected chi connectivity index (χ1v) is 7.20. The third-order valence-electron chi connectivity index (χ3n) is 3.32. The third-order valence-corrected chi connectivity index (χ3v) is 3.32. The van der Waals surface area contributed by atoms with Gasteiger partial charge in [-0.05, 0) is 44.4 Å². The summed E-state index contributed by atoms with van der Waals surface area (Å²) in [5, 5.41) is 12.1. The second kappa shape index (κ2) is 8.88. The van der Waals surface area contributed by atoms with Crippen molar-refractivity contribution in [2.24, 2.45) is 0 Å². The summed E-state index contributed by atoms with van der Waals surface area (Å²) in [4.78, 5) is 6.68. The van der Waals surface area contributed by atoms with Gasteiger partial charge in [-0.3, -0.25) is 0 Å². The molecule has 0 fully saturated rings. The highest BCUT2D eigenvalue weighted by molar-refractivity contribution is 5.38. The molecule has 1 aromatic heterocycles. The van der Waals surface area contributed by atoms with Crippen molar-refractivity contribution in [3.05, 3.63) is 23.9 Å². The maximum atomic E-state index is 8.74. The zero-order valence-electron chi connectivity index (χ0n) is 12.4. The van der Waals surface area contributed by atoms with Gasteiger partial charge in [-0.15, -0.1) is 0 Å². The molecule has 108 valence electrons. The van der Waals surface area contributed by atoms with Crippen LogP contribution in [-0.2, 0) is 0 Å². The van der Waals surface area contributed by atoms with E-state index >= 15 is 0 Å². The van der Waals surface area contributed by atoms with Crippen LogP contribution in [0.1, 0.15) is 44.7 Å². The van der Waals surface area contributed by atoms with E-state index in [0.29, 0.717) is 12.6 Å². The van der Waals surface area contributed by atoms with Crippen LogP contribution in [0.15, 0.2) is 18.3 Å². The van der Waals surface area contributed by atoms with Crippen LogP contribution in [0, 0.1) is 0 Å². The van der Waals surface area contributed by atoms with E-state index < -0.39 is 0 Å². The lowest BCUT2D eigenvalue weighted by molar-refractivity contribution is 0.283. The molecule has 0 saturated heterocycles. The molecule has 4 nitrogen and oxygen atoms in total. The number of hydrogen-bond donors (Lipinski definition) is 2. The molecule has 0 aliphatic carbocycles. The number of anilines is 1. The number of nitrogens with zero attached hydrogens (tertiary/aromatic N) is 2. The maximum Gasteiger partial charge on any atom is 0.128 e. The molecule has 0 aromatic carbocycles. The molecular weight excluding hydrogens is 238 g/mol. The summed E-state index contributed by atoms with van der Waals surface area (Å²) in [5.74, 6) is 1.01. The Morgan fingerprint density at radius 3 is 2.68 bits per heavy atom. The second-order valence-corrected chi connectivity index (χ2v) is 4.93. The van der Waals surface area contributed by atoms with Crippen molar-refractivity contribution in [2.75, 3.05) is 31.6 Å². The molecule has 1 atom stereocenters. The highest BCUT2D eigenvalue weighted by Gasteiger charge is 2.06. The van der Waals surface area contributed by atoms with Crippen molar-refractivity contribution in [3.8, 4) is 0 Å². The number of pyridine rings is 1. The molecule has 0 amide bonds. The Kier molecular flexibility index (Phi) is 7.45. The Bertz CT molecular complexity index is 340. The number of rotatable bonds is 9. The fourth-order valence-corrected chi connectivity index (χ4v) is 2.06. The first kappa shape index (κ1) is 15.9. The standard InChI is InChI=1S/C15H27N3O/c1-4-16-13(2)14-8-9-15(17-12-14)18(3)10-6-5-7-11-19/h8-9,12-13,16,19H,4-7,10-11H2,1-3H3. The van der Waals surface area contributed by atoms with Gasteiger partial charge >= 0.3 is 0 Å². The average molecular weight is 265 g/mol. The van der Waals surface area contributed by atoms with Crippen LogP contribution in [0.4, 0.5) is 5.82 Å². The number of aliphatic hydroxyl groups is 1. The minimum Gasteiger partial charge on any atom is -0.396 e. The van der Waals surface area contributed by atoms with E-state index in [4.69, 9.17) is 5.11 Å². The molecule has 1 heterocycles. The predicted octanol–water partition coefficient (Wildman–Crippen LogP) is 2.35. The van der Waals surface area contributed by atoms with E-state index in [2.05, 4.69) is 48.2 Å². The number of hydrogen-bond acceptors (Lipinski definition) is 4. The van der Waals surface area contributed by atoms with Gasteiger partial charge in [0.2, 0.25) is 0 Å². The Morgan fingerprint density at radius 2 is 2.11 bits per heavy atom. The highest BCUT2D eigenvalue weighted by atomic mass is 16.2. The number of aromatic nitrogens is 1. The molecule has 0 saturated carbocycles. The molecule has 0 bridgehead atoms. The van der Waals surface area contributed by atoms with Crippen molar-refractivity contribution in [2.45, 2.75) is 39.2 Å². The van der Waals surface area contributed by atoms with Crippen molar-refractivity contribution in [1.82, 2.24) is 10.3 Å². The van der Waals surface area contributed by atoms with Gasteiger partial charge in [0, 0.05) is 32.4 Å². The number of aliphatic hydroxyl groups excluding tert-OH is 1. The summed E-state index contributed by atoms with van der Waals surface area (Å²) in [6.07, 6.45) is 5.00. The third kappa shape index (κ3) is 5.57. The van der Waals surface area contributed by atoms with Gasteiger partial charge in [0.05, 0.1) is 0 Å². The molecule has 1 rings (SSSR count). The summed E-state index contributed by atoms with van der Waals surface area (Å²) in [6, 6.07) is 4.57. The second-order valence-electron chi connectivity index (χ2n) is 4.93. The van der Waals surface area contributed by atoms with Gasteiger partial charge in [0.25, 0.3) is 0 Å². The van der Waals surface area contributed by atoms with E-state index in [-0.39, 0.29) is 0 Å². The Morgan fingerprint density at radius 1 is 1.32 bits per heavy atom. The minimum absolute atomic E-state index is 0.291. The number of nitrogens with one attached hydrogen (secondary N) is 1. The first-order chi connectivity index (χ1) is 9.19. The summed E-state index contributed by atoms with van der Waals surface area (Å²) in [5.41, 5.74) is 1.22. The van der Waals surface area contributed by atoms with Gasteiger partial charge in [-0.25, -0.2) is 4.98 Å². The van der Waals surface area contributed by atoms with Gasteiger partial charge in [0.1, 0.15) is 5.82 Å². The zero-order valence-corrected chi connectivity index (χ0v) is 12.4. The monoisotopic (exact) mass is 265 g/mol. The van der Waals surface area contributed by atoms with Crippen LogP contribution >= 0.6 is 0 Å². The van der Waals surface area contributed by atoms with Crippen LogP contribution in [0.25, 0.3) is 0 Å². The number of unbranched alkanes of at least 4 members (excludes halogenated alkanes) is 2. The lowest BCUT2D eigenvalue weighted by Gasteiger charge is -2.19. The van der Waals surface area contributed by atoms with Crippen molar-refractivity contribution in [3.63, 3.8) is 0 Å². The maximum absolute atomic E-state index is 8.74. The summed E-state index contributed by atoms with van der Waals surface area (Å²) >= 11 is 0. The van der Waals surface area contributed by atoms with Crippen LogP contribution in [0.2, 0.25) is 0 Å². The topological polar surface area (TPSA) is 48.4 Å². The van der Waals surface area contributed by atoms with E-state index in [1.807, 2.05) is 6.20 Å². The van der Waals surface area contributed by atoms with Crippen molar-refractivity contribution >= 4 is 5.82 Å². The Balaban J connectivity index is 2.46. The first-order valence-electron chi connectivity index (χ1n) is 7.20. The zero-order chi connectivity index (χ0) is 14.1.